The van der Waals surface area contributed by atoms with Gasteiger partial charge in [0.15, 0.2) is 0 Å². The van der Waals surface area contributed by atoms with Crippen LogP contribution < -0.4 is 5.32 Å². The fraction of sp³-hybridized carbons (Fsp3) is 0.231. The van der Waals surface area contributed by atoms with E-state index in [-0.39, 0.29) is 18.6 Å². The lowest BCUT2D eigenvalue weighted by molar-refractivity contribution is -0.117. The molecule has 0 aliphatic rings. The lowest BCUT2D eigenvalue weighted by Crippen LogP contribution is -2.33. The number of nitrogens with one attached hydrogen (secondary N) is 1. The van der Waals surface area contributed by atoms with E-state index in [0.717, 1.165) is 5.56 Å². The number of aliphatic hydroxyl groups excluding tert-OH is 1. The Hall–Kier alpha value is -2.12. The summed E-state index contributed by atoms with van der Waals surface area (Å²) in [6.45, 7) is 1.63. The van der Waals surface area contributed by atoms with Crippen LogP contribution in [0.5, 0.6) is 0 Å². The van der Waals surface area contributed by atoms with Gasteiger partial charge < -0.3 is 10.4 Å². The number of carbonyl (C=O) groups excluding carboxylic acids is 1. The van der Waals surface area contributed by atoms with Crippen LogP contribution >= 0.6 is 0 Å². The van der Waals surface area contributed by atoms with E-state index in [4.69, 9.17) is 10.4 Å². The molecule has 0 bridgehead atoms. The molecule has 0 radical (unpaired) electrons. The molecule has 1 rings (SSSR count). The number of aliphatic hydroxyl groups is 1. The first-order valence-corrected chi connectivity index (χ1v) is 5.25. The van der Waals surface area contributed by atoms with Crippen molar-refractivity contribution in [3.63, 3.8) is 0 Å². The van der Waals surface area contributed by atoms with Crippen LogP contribution in [0.15, 0.2) is 30.3 Å². The summed E-state index contributed by atoms with van der Waals surface area (Å²) in [4.78, 5) is 11.3. The maximum Gasteiger partial charge on any atom is 0.244 e. The Bertz CT molecular complexity index is 443. The van der Waals surface area contributed by atoms with Gasteiger partial charge in [0.05, 0.1) is 18.2 Å². The zero-order chi connectivity index (χ0) is 12.7. The zero-order valence-corrected chi connectivity index (χ0v) is 9.55. The van der Waals surface area contributed by atoms with Crippen LogP contribution in [0.25, 0.3) is 6.08 Å². The van der Waals surface area contributed by atoms with Crippen molar-refractivity contribution in [3.05, 3.63) is 41.5 Å². The largest absolute Gasteiger partial charge is 0.394 e. The second kappa shape index (κ2) is 6.46. The van der Waals surface area contributed by atoms with Gasteiger partial charge in [0, 0.05) is 12.1 Å². The third kappa shape index (κ3) is 4.49. The Morgan fingerprint density at radius 1 is 1.53 bits per heavy atom. The van der Waals surface area contributed by atoms with Crippen molar-refractivity contribution in [1.29, 1.82) is 5.26 Å². The quantitative estimate of drug-likeness (QED) is 0.760. The molecule has 0 saturated heterocycles. The van der Waals surface area contributed by atoms with Crippen LogP contribution in [-0.4, -0.2) is 23.7 Å². The smallest absolute Gasteiger partial charge is 0.244 e. The average molecular weight is 230 g/mol. The predicted octanol–water partition coefficient (Wildman–Crippen LogP) is 1.07. The highest BCUT2D eigenvalue weighted by Crippen LogP contribution is 2.04. The normalized spacial score (nSPS) is 12.1. The first-order chi connectivity index (χ1) is 8.15. The minimum absolute atomic E-state index is 0.0869. The van der Waals surface area contributed by atoms with E-state index in [2.05, 4.69) is 5.32 Å². The number of nitrogens with zero attached hydrogens (tertiary/aromatic N) is 1. The second-order valence-electron chi connectivity index (χ2n) is 3.66. The summed E-state index contributed by atoms with van der Waals surface area (Å²) in [5.74, 6) is -0.254. The maximum atomic E-state index is 11.3. The van der Waals surface area contributed by atoms with E-state index in [1.165, 1.54) is 6.08 Å². The molecule has 0 fully saturated rings. The number of carbonyl (C=O) groups is 1. The number of benzene rings is 1. The van der Waals surface area contributed by atoms with Crippen molar-refractivity contribution in [1.82, 2.24) is 5.32 Å². The second-order valence-corrected chi connectivity index (χ2v) is 3.66. The molecule has 4 nitrogen and oxygen atoms in total. The molecule has 2 N–H and O–H groups in total. The van der Waals surface area contributed by atoms with E-state index in [0.29, 0.717) is 5.56 Å². The van der Waals surface area contributed by atoms with Gasteiger partial charge in [-0.05, 0) is 30.7 Å². The molecular weight excluding hydrogens is 216 g/mol. The molecule has 0 aromatic heterocycles. The standard InChI is InChI=1S/C13H14N2O2/c1-10(9-16)15-13(17)7-6-11-2-4-12(8-14)5-3-11/h2-7,10,16H,9H2,1H3,(H,15,17)/b7-6+. The Labute approximate surface area is 100 Å². The van der Waals surface area contributed by atoms with Crippen molar-refractivity contribution in [2.24, 2.45) is 0 Å². The Morgan fingerprint density at radius 3 is 2.71 bits per heavy atom. The molecule has 0 aliphatic carbocycles. The summed E-state index contributed by atoms with van der Waals surface area (Å²) in [6.07, 6.45) is 3.05. The van der Waals surface area contributed by atoms with Crippen LogP contribution in [0.1, 0.15) is 18.1 Å². The average Bonchev–Trinajstić information content (AvgIpc) is 2.36. The minimum atomic E-state index is -0.256. The molecule has 1 unspecified atom stereocenters. The van der Waals surface area contributed by atoms with E-state index < -0.39 is 0 Å². The Kier molecular flexibility index (Phi) is 4.92. The molecule has 0 spiro atoms. The number of rotatable bonds is 4. The molecule has 17 heavy (non-hydrogen) atoms. The number of nitriles is 1. The Morgan fingerprint density at radius 2 is 2.18 bits per heavy atom. The first kappa shape index (κ1) is 12.9. The van der Waals surface area contributed by atoms with Crippen LogP contribution in [0.2, 0.25) is 0 Å². The van der Waals surface area contributed by atoms with Gasteiger partial charge in [0.1, 0.15) is 0 Å². The zero-order valence-electron chi connectivity index (χ0n) is 9.55. The van der Waals surface area contributed by atoms with Crippen molar-refractivity contribution >= 4 is 12.0 Å². The molecule has 0 aliphatic heterocycles. The third-order valence-electron chi connectivity index (χ3n) is 2.13. The first-order valence-electron chi connectivity index (χ1n) is 5.25. The summed E-state index contributed by atoms with van der Waals surface area (Å²) in [7, 11) is 0. The molecule has 1 amide bonds. The van der Waals surface area contributed by atoms with Crippen molar-refractivity contribution in [2.45, 2.75) is 13.0 Å². The van der Waals surface area contributed by atoms with Crippen LogP contribution in [0, 0.1) is 11.3 Å². The van der Waals surface area contributed by atoms with Gasteiger partial charge in [-0.15, -0.1) is 0 Å². The highest BCUT2D eigenvalue weighted by atomic mass is 16.3. The SMILES string of the molecule is CC(CO)NC(=O)/C=C/c1ccc(C#N)cc1. The van der Waals surface area contributed by atoms with E-state index >= 15 is 0 Å². The molecule has 1 aromatic carbocycles. The van der Waals surface area contributed by atoms with E-state index in [1.54, 1.807) is 37.3 Å². The highest BCUT2D eigenvalue weighted by molar-refractivity contribution is 5.91. The van der Waals surface area contributed by atoms with Crippen LogP contribution in [-0.2, 0) is 4.79 Å². The summed E-state index contributed by atoms with van der Waals surface area (Å²) in [6, 6.07) is 8.67. The molecule has 0 heterocycles. The molecule has 0 saturated carbocycles. The Balaban J connectivity index is 2.58. The van der Waals surface area contributed by atoms with Crippen LogP contribution in [0.4, 0.5) is 0 Å². The molecular formula is C13H14N2O2. The van der Waals surface area contributed by atoms with Crippen molar-refractivity contribution in [2.75, 3.05) is 6.61 Å². The van der Waals surface area contributed by atoms with E-state index in [1.807, 2.05) is 6.07 Å². The number of hydrogen-bond acceptors (Lipinski definition) is 3. The van der Waals surface area contributed by atoms with Gasteiger partial charge in [0.25, 0.3) is 0 Å². The summed E-state index contributed by atoms with van der Waals surface area (Å²) < 4.78 is 0. The molecule has 1 aromatic rings. The fourth-order valence-corrected chi connectivity index (χ4v) is 1.18. The predicted molar refractivity (Wildman–Crippen MR) is 64.9 cm³/mol. The van der Waals surface area contributed by atoms with Gasteiger partial charge in [-0.1, -0.05) is 12.1 Å². The van der Waals surface area contributed by atoms with Gasteiger partial charge in [-0.25, -0.2) is 0 Å². The monoisotopic (exact) mass is 230 g/mol. The fourth-order valence-electron chi connectivity index (χ4n) is 1.18. The van der Waals surface area contributed by atoms with Gasteiger partial charge in [0.2, 0.25) is 5.91 Å². The summed E-state index contributed by atoms with van der Waals surface area (Å²) >= 11 is 0. The maximum absolute atomic E-state index is 11.3. The van der Waals surface area contributed by atoms with Gasteiger partial charge in [-0.2, -0.15) is 5.26 Å². The number of hydrogen-bond donors (Lipinski definition) is 2. The van der Waals surface area contributed by atoms with Crippen molar-refractivity contribution < 1.29 is 9.90 Å². The van der Waals surface area contributed by atoms with Gasteiger partial charge >= 0.3 is 0 Å². The van der Waals surface area contributed by atoms with Gasteiger partial charge in [-0.3, -0.25) is 4.79 Å². The molecule has 4 heteroatoms. The topological polar surface area (TPSA) is 73.1 Å². The minimum Gasteiger partial charge on any atom is -0.394 e. The summed E-state index contributed by atoms with van der Waals surface area (Å²) in [5, 5.41) is 20.0. The lowest BCUT2D eigenvalue weighted by Gasteiger charge is -2.07. The molecule has 88 valence electrons. The van der Waals surface area contributed by atoms with E-state index in [9.17, 15) is 4.79 Å². The van der Waals surface area contributed by atoms with Crippen molar-refractivity contribution in [3.8, 4) is 6.07 Å². The highest BCUT2D eigenvalue weighted by Gasteiger charge is 2.01. The third-order valence-corrected chi connectivity index (χ3v) is 2.13. The molecule has 1 atom stereocenters. The lowest BCUT2D eigenvalue weighted by atomic mass is 10.1. The number of amides is 1. The van der Waals surface area contributed by atoms with Crippen LogP contribution in [0.3, 0.4) is 0 Å². The summed E-state index contributed by atoms with van der Waals surface area (Å²) in [5.41, 5.74) is 1.43.